The van der Waals surface area contributed by atoms with Crippen molar-refractivity contribution < 1.29 is 4.92 Å². The normalized spacial score (nSPS) is 9.84. The first-order valence-corrected chi connectivity index (χ1v) is 7.56. The van der Waals surface area contributed by atoms with Crippen molar-refractivity contribution in [1.29, 1.82) is 0 Å². The molecule has 0 fully saturated rings. The second kappa shape index (κ2) is 6.74. The van der Waals surface area contributed by atoms with Gasteiger partial charge in [-0.25, -0.2) is 0 Å². The van der Waals surface area contributed by atoms with Crippen LogP contribution in [-0.2, 0) is 0 Å². The van der Waals surface area contributed by atoms with Gasteiger partial charge in [-0.2, -0.15) is 0 Å². The lowest BCUT2D eigenvalue weighted by Crippen LogP contribution is -1.95. The predicted molar refractivity (Wildman–Crippen MR) is 99.8 cm³/mol. The molecule has 0 amide bonds. The number of benzene rings is 3. The highest BCUT2D eigenvalue weighted by Crippen LogP contribution is 2.36. The van der Waals surface area contributed by atoms with E-state index in [9.17, 15) is 10.1 Å². The van der Waals surface area contributed by atoms with Crippen LogP contribution in [-0.4, -0.2) is 4.92 Å². The van der Waals surface area contributed by atoms with E-state index in [-0.39, 0.29) is 5.69 Å². The molecular weight excluding hydrogens is 310 g/mol. The third kappa shape index (κ3) is 3.00. The summed E-state index contributed by atoms with van der Waals surface area (Å²) < 4.78 is 0. The van der Waals surface area contributed by atoms with E-state index in [1.165, 1.54) is 0 Å². The molecular formula is C22H13NO2. The molecule has 0 spiro atoms. The molecule has 25 heavy (non-hydrogen) atoms. The molecule has 0 saturated heterocycles. The lowest BCUT2D eigenvalue weighted by Gasteiger charge is -2.09. The first-order chi connectivity index (χ1) is 12.2. The minimum Gasteiger partial charge on any atom is -0.258 e. The summed E-state index contributed by atoms with van der Waals surface area (Å²) in [4.78, 5) is 11.2. The van der Waals surface area contributed by atoms with Crippen LogP contribution in [0.5, 0.6) is 0 Å². The smallest absolute Gasteiger partial charge is 0.258 e. The number of rotatable bonds is 3. The van der Waals surface area contributed by atoms with Crippen LogP contribution in [0.1, 0.15) is 11.1 Å². The Bertz CT molecular complexity index is 1050. The van der Waals surface area contributed by atoms with Gasteiger partial charge in [-0.1, -0.05) is 54.3 Å². The number of hydrogen-bond donors (Lipinski definition) is 0. The number of nitro groups is 1. The Labute approximate surface area is 146 Å². The van der Waals surface area contributed by atoms with Crippen LogP contribution in [0.2, 0.25) is 0 Å². The van der Waals surface area contributed by atoms with Crippen molar-refractivity contribution in [3.8, 4) is 46.9 Å². The Kier molecular flexibility index (Phi) is 4.33. The first-order valence-electron chi connectivity index (χ1n) is 7.56. The van der Waals surface area contributed by atoms with Crippen LogP contribution in [0.15, 0.2) is 66.7 Å². The summed E-state index contributed by atoms with van der Waals surface area (Å²) in [5, 5.41) is 11.6. The molecule has 0 radical (unpaired) electrons. The summed E-state index contributed by atoms with van der Waals surface area (Å²) >= 11 is 0. The van der Waals surface area contributed by atoms with Gasteiger partial charge in [-0.3, -0.25) is 10.1 Å². The van der Waals surface area contributed by atoms with E-state index in [0.717, 1.165) is 5.56 Å². The summed E-state index contributed by atoms with van der Waals surface area (Å²) in [7, 11) is 0. The molecule has 0 heterocycles. The Morgan fingerprint density at radius 1 is 0.760 bits per heavy atom. The highest BCUT2D eigenvalue weighted by Gasteiger charge is 2.19. The molecule has 0 saturated carbocycles. The van der Waals surface area contributed by atoms with Crippen LogP contribution in [0.3, 0.4) is 0 Å². The minimum absolute atomic E-state index is 0.00738. The molecule has 3 aromatic rings. The monoisotopic (exact) mass is 323 g/mol. The first kappa shape index (κ1) is 16.1. The van der Waals surface area contributed by atoms with Crippen molar-refractivity contribution in [2.45, 2.75) is 0 Å². The van der Waals surface area contributed by atoms with Crippen molar-refractivity contribution in [3.05, 3.63) is 88.0 Å². The third-order valence-electron chi connectivity index (χ3n) is 3.96. The van der Waals surface area contributed by atoms with Crippen molar-refractivity contribution in [2.75, 3.05) is 0 Å². The topological polar surface area (TPSA) is 43.1 Å². The van der Waals surface area contributed by atoms with Gasteiger partial charge in [0.2, 0.25) is 0 Å². The van der Waals surface area contributed by atoms with E-state index >= 15 is 0 Å². The Morgan fingerprint density at radius 2 is 1.32 bits per heavy atom. The lowest BCUT2D eigenvalue weighted by molar-refractivity contribution is -0.384. The standard InChI is InChI=1S/C22H13NO2/c1-3-16-9-5-7-11-19(16)18-13-14-21(22(15-18)23(24)25)20-12-8-6-10-17(20)4-2/h1-2,5-15H. The van der Waals surface area contributed by atoms with Crippen LogP contribution < -0.4 is 0 Å². The molecule has 0 aromatic heterocycles. The SMILES string of the molecule is C#Cc1ccccc1-c1ccc(-c2ccccc2C#C)c([N+](=O)[O-])c1. The Balaban J connectivity index is 2.23. The third-order valence-corrected chi connectivity index (χ3v) is 3.96. The fourth-order valence-corrected chi connectivity index (χ4v) is 2.78. The van der Waals surface area contributed by atoms with Crippen molar-refractivity contribution in [1.82, 2.24) is 0 Å². The summed E-state index contributed by atoms with van der Waals surface area (Å²) in [5.74, 6) is 5.19. The van der Waals surface area contributed by atoms with Gasteiger partial charge in [-0.15, -0.1) is 12.8 Å². The molecule has 0 aliphatic rings. The molecule has 0 atom stereocenters. The molecule has 0 N–H and O–H groups in total. The maximum absolute atomic E-state index is 11.6. The van der Waals surface area contributed by atoms with E-state index < -0.39 is 4.92 Å². The molecule has 3 aromatic carbocycles. The van der Waals surface area contributed by atoms with Crippen LogP contribution in [0, 0.1) is 34.8 Å². The zero-order chi connectivity index (χ0) is 17.8. The largest absolute Gasteiger partial charge is 0.277 e. The van der Waals surface area contributed by atoms with Crippen molar-refractivity contribution >= 4 is 5.69 Å². The van der Waals surface area contributed by atoms with Gasteiger partial charge in [0.05, 0.1) is 10.5 Å². The molecule has 0 bridgehead atoms. The van der Waals surface area contributed by atoms with E-state index in [4.69, 9.17) is 12.8 Å². The zero-order valence-electron chi connectivity index (χ0n) is 13.3. The second-order valence-corrected chi connectivity index (χ2v) is 5.37. The zero-order valence-corrected chi connectivity index (χ0v) is 13.3. The number of hydrogen-bond acceptors (Lipinski definition) is 2. The van der Waals surface area contributed by atoms with Gasteiger partial charge in [0, 0.05) is 22.8 Å². The lowest BCUT2D eigenvalue weighted by atomic mass is 9.94. The minimum atomic E-state index is -0.398. The molecule has 3 nitrogen and oxygen atoms in total. The summed E-state index contributed by atoms with van der Waals surface area (Å²) in [6, 6.07) is 19.6. The maximum atomic E-state index is 11.6. The highest BCUT2D eigenvalue weighted by atomic mass is 16.6. The van der Waals surface area contributed by atoms with Crippen LogP contribution in [0.25, 0.3) is 22.3 Å². The highest BCUT2D eigenvalue weighted by molar-refractivity contribution is 5.83. The molecule has 3 rings (SSSR count). The molecule has 0 aliphatic heterocycles. The number of nitrogens with zero attached hydrogens (tertiary/aromatic N) is 1. The fourth-order valence-electron chi connectivity index (χ4n) is 2.78. The van der Waals surface area contributed by atoms with Gasteiger partial charge in [0.25, 0.3) is 5.69 Å². The number of terminal acetylenes is 2. The van der Waals surface area contributed by atoms with Gasteiger partial charge in [-0.05, 0) is 29.3 Å². The van der Waals surface area contributed by atoms with Gasteiger partial charge in [0.15, 0.2) is 0 Å². The van der Waals surface area contributed by atoms with E-state index in [2.05, 4.69) is 11.8 Å². The average molecular weight is 323 g/mol. The van der Waals surface area contributed by atoms with Gasteiger partial charge in [0.1, 0.15) is 0 Å². The summed E-state index contributed by atoms with van der Waals surface area (Å²) in [6.07, 6.45) is 11.1. The van der Waals surface area contributed by atoms with Crippen LogP contribution in [0.4, 0.5) is 5.69 Å². The number of nitro benzene ring substituents is 1. The van der Waals surface area contributed by atoms with Gasteiger partial charge >= 0.3 is 0 Å². The quantitative estimate of drug-likeness (QED) is 0.391. The van der Waals surface area contributed by atoms with E-state index in [1.807, 2.05) is 36.4 Å². The molecule has 0 unspecified atom stereocenters. The average Bonchev–Trinajstić information content (AvgIpc) is 2.67. The van der Waals surface area contributed by atoms with Crippen molar-refractivity contribution in [2.24, 2.45) is 0 Å². The second-order valence-electron chi connectivity index (χ2n) is 5.37. The van der Waals surface area contributed by atoms with Crippen molar-refractivity contribution in [3.63, 3.8) is 0 Å². The van der Waals surface area contributed by atoms with E-state index in [0.29, 0.717) is 27.8 Å². The Hall–Kier alpha value is -3.82. The molecule has 3 heteroatoms. The maximum Gasteiger partial charge on any atom is 0.277 e. The van der Waals surface area contributed by atoms with Crippen LogP contribution >= 0.6 is 0 Å². The summed E-state index contributed by atoms with van der Waals surface area (Å²) in [6.45, 7) is 0. The molecule has 0 aliphatic carbocycles. The van der Waals surface area contributed by atoms with E-state index in [1.54, 1.807) is 30.3 Å². The summed E-state index contributed by atoms with van der Waals surface area (Å²) in [5.41, 5.74) is 3.92. The fraction of sp³-hybridized carbons (Fsp3) is 0. The predicted octanol–water partition coefficient (Wildman–Crippen LogP) is 4.89. The molecule has 118 valence electrons. The van der Waals surface area contributed by atoms with Gasteiger partial charge < -0.3 is 0 Å². The Morgan fingerprint density at radius 3 is 1.92 bits per heavy atom.